The van der Waals surface area contributed by atoms with Crippen LogP contribution in [0.2, 0.25) is 0 Å². The minimum absolute atomic E-state index is 0.0980. The molecule has 102 valence electrons. The van der Waals surface area contributed by atoms with Crippen molar-refractivity contribution in [2.24, 2.45) is 5.73 Å². The summed E-state index contributed by atoms with van der Waals surface area (Å²) in [4.78, 5) is 22.5. The lowest BCUT2D eigenvalue weighted by atomic mass is 10.1. The molecule has 0 bridgehead atoms. The van der Waals surface area contributed by atoms with Crippen molar-refractivity contribution in [3.8, 4) is 0 Å². The number of hydrogen-bond donors (Lipinski definition) is 3. The summed E-state index contributed by atoms with van der Waals surface area (Å²) in [6.07, 6.45) is 2.70. The number of primary amides is 1. The highest BCUT2D eigenvalue weighted by atomic mass is 16.2. The first-order valence-corrected chi connectivity index (χ1v) is 6.54. The molecule has 0 atom stereocenters. The number of rotatable bonds is 7. The highest BCUT2D eigenvalue weighted by molar-refractivity contribution is 5.92. The molecule has 2 amide bonds. The smallest absolute Gasteiger partial charge is 0.248 e. The summed E-state index contributed by atoms with van der Waals surface area (Å²) >= 11 is 0. The van der Waals surface area contributed by atoms with Crippen LogP contribution in [-0.4, -0.2) is 24.4 Å². The SMILES string of the molecule is NC(=O)c1cccc(CNCCC(=O)NC2CC2)c1. The van der Waals surface area contributed by atoms with Crippen LogP contribution in [-0.2, 0) is 11.3 Å². The lowest BCUT2D eigenvalue weighted by molar-refractivity contribution is -0.121. The summed E-state index contributed by atoms with van der Waals surface area (Å²) in [5.41, 5.74) is 6.71. The van der Waals surface area contributed by atoms with Gasteiger partial charge in [0.25, 0.3) is 0 Å². The van der Waals surface area contributed by atoms with Crippen LogP contribution >= 0.6 is 0 Å². The van der Waals surface area contributed by atoms with Gasteiger partial charge in [-0.25, -0.2) is 0 Å². The maximum absolute atomic E-state index is 11.4. The van der Waals surface area contributed by atoms with E-state index in [-0.39, 0.29) is 5.91 Å². The van der Waals surface area contributed by atoms with E-state index in [0.29, 0.717) is 31.1 Å². The van der Waals surface area contributed by atoms with Crippen LogP contribution in [0.15, 0.2) is 24.3 Å². The zero-order valence-corrected chi connectivity index (χ0v) is 10.8. The number of carbonyl (C=O) groups excluding carboxylic acids is 2. The summed E-state index contributed by atoms with van der Waals surface area (Å²) in [6.45, 7) is 1.25. The zero-order valence-electron chi connectivity index (χ0n) is 10.8. The first kappa shape index (κ1) is 13.5. The Bertz CT molecular complexity index is 470. The van der Waals surface area contributed by atoms with Gasteiger partial charge in [0.05, 0.1) is 0 Å². The maximum atomic E-state index is 11.4. The van der Waals surface area contributed by atoms with Crippen LogP contribution in [0, 0.1) is 0 Å². The topological polar surface area (TPSA) is 84.2 Å². The van der Waals surface area contributed by atoms with E-state index in [4.69, 9.17) is 5.73 Å². The van der Waals surface area contributed by atoms with Gasteiger partial charge in [-0.1, -0.05) is 12.1 Å². The van der Waals surface area contributed by atoms with Crippen molar-refractivity contribution in [3.63, 3.8) is 0 Å². The molecular weight excluding hydrogens is 242 g/mol. The van der Waals surface area contributed by atoms with Crippen LogP contribution in [0.4, 0.5) is 0 Å². The zero-order chi connectivity index (χ0) is 13.7. The van der Waals surface area contributed by atoms with Crippen molar-refractivity contribution >= 4 is 11.8 Å². The largest absolute Gasteiger partial charge is 0.366 e. The molecule has 0 aliphatic heterocycles. The summed E-state index contributed by atoms with van der Waals surface area (Å²) in [5.74, 6) is -0.327. The standard InChI is InChI=1S/C14H19N3O2/c15-14(19)11-3-1-2-10(8-11)9-16-7-6-13(18)17-12-4-5-12/h1-3,8,12,16H,4-7,9H2,(H2,15,19)(H,17,18). The van der Waals surface area contributed by atoms with Crippen LogP contribution < -0.4 is 16.4 Å². The van der Waals surface area contributed by atoms with Gasteiger partial charge in [0.2, 0.25) is 11.8 Å². The molecule has 19 heavy (non-hydrogen) atoms. The van der Waals surface area contributed by atoms with Crippen LogP contribution in [0.3, 0.4) is 0 Å². The van der Waals surface area contributed by atoms with Crippen molar-refractivity contribution in [2.75, 3.05) is 6.54 Å². The van der Waals surface area contributed by atoms with Crippen molar-refractivity contribution in [3.05, 3.63) is 35.4 Å². The van der Waals surface area contributed by atoms with Crippen LogP contribution in [0.25, 0.3) is 0 Å². The molecule has 4 N–H and O–H groups in total. The highest BCUT2D eigenvalue weighted by Gasteiger charge is 2.22. The second-order valence-corrected chi connectivity index (χ2v) is 4.83. The van der Waals surface area contributed by atoms with Crippen LogP contribution in [0.1, 0.15) is 35.2 Å². The normalized spacial score (nSPS) is 14.1. The third-order valence-electron chi connectivity index (χ3n) is 3.01. The van der Waals surface area contributed by atoms with Crippen molar-refractivity contribution in [1.82, 2.24) is 10.6 Å². The molecule has 0 aromatic heterocycles. The second-order valence-electron chi connectivity index (χ2n) is 4.83. The maximum Gasteiger partial charge on any atom is 0.248 e. The van der Waals surface area contributed by atoms with Crippen molar-refractivity contribution < 1.29 is 9.59 Å². The summed E-state index contributed by atoms with van der Waals surface area (Å²) in [6, 6.07) is 7.59. The fraction of sp³-hybridized carbons (Fsp3) is 0.429. The Kier molecular flexibility index (Phi) is 4.52. The first-order chi connectivity index (χ1) is 9.15. The Hall–Kier alpha value is -1.88. The van der Waals surface area contributed by atoms with E-state index in [1.807, 2.05) is 6.07 Å². The molecule has 1 aliphatic carbocycles. The lowest BCUT2D eigenvalue weighted by Crippen LogP contribution is -2.29. The fourth-order valence-electron chi connectivity index (χ4n) is 1.80. The molecule has 5 nitrogen and oxygen atoms in total. The predicted octanol–water partition coefficient (Wildman–Crippen LogP) is 0.544. The van der Waals surface area contributed by atoms with Gasteiger partial charge in [-0.2, -0.15) is 0 Å². The van der Waals surface area contributed by atoms with E-state index < -0.39 is 5.91 Å². The highest BCUT2D eigenvalue weighted by Crippen LogP contribution is 2.18. The second kappa shape index (κ2) is 6.33. The molecule has 1 aromatic carbocycles. The molecule has 1 aliphatic rings. The Labute approximate surface area is 112 Å². The monoisotopic (exact) mass is 261 g/mol. The lowest BCUT2D eigenvalue weighted by Gasteiger charge is -2.06. The van der Waals surface area contributed by atoms with Crippen molar-refractivity contribution in [1.29, 1.82) is 0 Å². The predicted molar refractivity (Wildman–Crippen MR) is 72.4 cm³/mol. The molecule has 0 heterocycles. The van der Waals surface area contributed by atoms with E-state index in [1.165, 1.54) is 0 Å². The average Bonchev–Trinajstić information content (AvgIpc) is 3.19. The van der Waals surface area contributed by atoms with Crippen molar-refractivity contribution in [2.45, 2.75) is 31.8 Å². The Morgan fingerprint density at radius 1 is 1.32 bits per heavy atom. The Morgan fingerprint density at radius 2 is 2.11 bits per heavy atom. The number of benzene rings is 1. The molecule has 2 rings (SSSR count). The number of nitrogens with two attached hydrogens (primary N) is 1. The van der Waals surface area contributed by atoms with E-state index >= 15 is 0 Å². The quantitative estimate of drug-likeness (QED) is 0.626. The average molecular weight is 261 g/mol. The van der Waals surface area contributed by atoms with Gasteiger partial charge in [-0.15, -0.1) is 0 Å². The third-order valence-corrected chi connectivity index (χ3v) is 3.01. The van der Waals surface area contributed by atoms with E-state index in [0.717, 1.165) is 18.4 Å². The summed E-state index contributed by atoms with van der Waals surface area (Å²) < 4.78 is 0. The fourth-order valence-corrected chi connectivity index (χ4v) is 1.80. The number of carbonyl (C=O) groups is 2. The van der Waals surface area contributed by atoms with Gasteiger partial charge < -0.3 is 16.4 Å². The first-order valence-electron chi connectivity index (χ1n) is 6.54. The molecule has 0 saturated heterocycles. The van der Waals surface area contributed by atoms with Gasteiger partial charge >= 0.3 is 0 Å². The summed E-state index contributed by atoms with van der Waals surface area (Å²) in [5, 5.41) is 6.12. The minimum atomic E-state index is -0.425. The molecular formula is C14H19N3O2. The van der Waals surface area contributed by atoms with E-state index in [2.05, 4.69) is 10.6 Å². The van der Waals surface area contributed by atoms with Gasteiger partial charge in [0.15, 0.2) is 0 Å². The summed E-state index contributed by atoms with van der Waals surface area (Å²) in [7, 11) is 0. The van der Waals surface area contributed by atoms with E-state index in [1.54, 1.807) is 18.2 Å². The van der Waals surface area contributed by atoms with Gasteiger partial charge in [0, 0.05) is 31.1 Å². The van der Waals surface area contributed by atoms with Gasteiger partial charge in [-0.05, 0) is 30.5 Å². The Morgan fingerprint density at radius 3 is 2.79 bits per heavy atom. The molecule has 5 heteroatoms. The van der Waals surface area contributed by atoms with Gasteiger partial charge in [-0.3, -0.25) is 9.59 Å². The molecule has 1 fully saturated rings. The molecule has 0 spiro atoms. The minimum Gasteiger partial charge on any atom is -0.366 e. The molecule has 0 unspecified atom stereocenters. The number of amides is 2. The number of hydrogen-bond acceptors (Lipinski definition) is 3. The Balaban J connectivity index is 1.68. The van der Waals surface area contributed by atoms with Gasteiger partial charge in [0.1, 0.15) is 0 Å². The number of nitrogens with one attached hydrogen (secondary N) is 2. The molecule has 0 radical (unpaired) electrons. The van der Waals surface area contributed by atoms with Crippen LogP contribution in [0.5, 0.6) is 0 Å². The molecule has 1 saturated carbocycles. The van der Waals surface area contributed by atoms with E-state index in [9.17, 15) is 9.59 Å². The third kappa shape index (κ3) is 4.71. The molecule has 1 aromatic rings.